The molecule has 1 aliphatic rings. The Bertz CT molecular complexity index is 362. The summed E-state index contributed by atoms with van der Waals surface area (Å²) in [6.07, 6.45) is -4.01. The average Bonchev–Trinajstić information content (AvgIpc) is 2.81. The molecular formula is C11H17F3N2O4. The third-order valence-corrected chi connectivity index (χ3v) is 2.93. The van der Waals surface area contributed by atoms with E-state index in [4.69, 9.17) is 9.84 Å². The third-order valence-electron chi connectivity index (χ3n) is 2.93. The molecule has 0 bridgehead atoms. The number of carboxylic acids is 1. The molecule has 0 aliphatic carbocycles. The number of halogens is 3. The summed E-state index contributed by atoms with van der Waals surface area (Å²) in [5, 5.41) is 10.8. The fourth-order valence-electron chi connectivity index (χ4n) is 2.02. The standard InChI is InChI=1S/C11H17F3N2O4/c1-2-3-16(10(19)15-6-11(12,13)14)8-5-20-4-7(8)9(17)18/h7-8H,2-6H2,1H3,(H,15,19)(H,17,18). The highest BCUT2D eigenvalue weighted by Crippen LogP contribution is 2.21. The van der Waals surface area contributed by atoms with Gasteiger partial charge in [0.25, 0.3) is 0 Å². The number of carbonyl (C=O) groups is 2. The van der Waals surface area contributed by atoms with Gasteiger partial charge in [0.05, 0.1) is 19.3 Å². The Labute approximate surface area is 113 Å². The van der Waals surface area contributed by atoms with Gasteiger partial charge in [-0.3, -0.25) is 4.79 Å². The van der Waals surface area contributed by atoms with E-state index in [2.05, 4.69) is 0 Å². The van der Waals surface area contributed by atoms with Crippen LogP contribution >= 0.6 is 0 Å². The molecule has 0 aromatic rings. The predicted molar refractivity (Wildman–Crippen MR) is 62.2 cm³/mol. The summed E-state index contributed by atoms with van der Waals surface area (Å²) in [5.41, 5.74) is 0. The lowest BCUT2D eigenvalue weighted by Crippen LogP contribution is -2.52. The van der Waals surface area contributed by atoms with Crippen LogP contribution in [0.2, 0.25) is 0 Å². The lowest BCUT2D eigenvalue weighted by molar-refractivity contribution is -0.143. The molecule has 2 N–H and O–H groups in total. The van der Waals surface area contributed by atoms with Gasteiger partial charge < -0.3 is 20.1 Å². The molecule has 0 radical (unpaired) electrons. The van der Waals surface area contributed by atoms with Crippen molar-refractivity contribution < 1.29 is 32.6 Å². The molecule has 2 atom stereocenters. The maximum absolute atomic E-state index is 12.1. The van der Waals surface area contributed by atoms with Crippen LogP contribution < -0.4 is 5.32 Å². The van der Waals surface area contributed by atoms with Crippen molar-refractivity contribution in [3.63, 3.8) is 0 Å². The van der Waals surface area contributed by atoms with Gasteiger partial charge in [0.1, 0.15) is 12.5 Å². The summed E-state index contributed by atoms with van der Waals surface area (Å²) in [4.78, 5) is 24.0. The van der Waals surface area contributed by atoms with Crippen LogP contribution in [-0.2, 0) is 9.53 Å². The highest BCUT2D eigenvalue weighted by atomic mass is 19.4. The number of carboxylic acid groups (broad SMARTS) is 1. The number of hydrogen-bond acceptors (Lipinski definition) is 3. The Kier molecular flexibility index (Phi) is 5.61. The van der Waals surface area contributed by atoms with Crippen LogP contribution in [-0.4, -0.2) is 60.5 Å². The molecule has 1 rings (SSSR count). The van der Waals surface area contributed by atoms with E-state index >= 15 is 0 Å². The number of amides is 2. The maximum Gasteiger partial charge on any atom is 0.405 e. The second-order valence-electron chi connectivity index (χ2n) is 4.52. The van der Waals surface area contributed by atoms with Gasteiger partial charge in [-0.2, -0.15) is 13.2 Å². The van der Waals surface area contributed by atoms with Crippen LogP contribution in [0.15, 0.2) is 0 Å². The zero-order valence-electron chi connectivity index (χ0n) is 10.9. The first-order valence-electron chi connectivity index (χ1n) is 6.18. The first kappa shape index (κ1) is 16.5. The topological polar surface area (TPSA) is 78.9 Å². The summed E-state index contributed by atoms with van der Waals surface area (Å²) >= 11 is 0. The second-order valence-corrected chi connectivity index (χ2v) is 4.52. The predicted octanol–water partition coefficient (Wildman–Crippen LogP) is 1.07. The SMILES string of the molecule is CCCN(C(=O)NCC(F)(F)F)C1COCC1C(=O)O. The summed E-state index contributed by atoms with van der Waals surface area (Å²) in [5.74, 6) is -2.05. The van der Waals surface area contributed by atoms with E-state index in [0.29, 0.717) is 6.42 Å². The van der Waals surface area contributed by atoms with E-state index in [1.165, 1.54) is 0 Å². The molecule has 6 nitrogen and oxygen atoms in total. The van der Waals surface area contributed by atoms with E-state index in [1.54, 1.807) is 12.2 Å². The Morgan fingerprint density at radius 1 is 1.40 bits per heavy atom. The van der Waals surface area contributed by atoms with Gasteiger partial charge in [-0.15, -0.1) is 0 Å². The molecule has 2 unspecified atom stereocenters. The summed E-state index contributed by atoms with van der Waals surface area (Å²) < 4.78 is 41.3. The molecule has 0 aromatic carbocycles. The minimum Gasteiger partial charge on any atom is -0.481 e. The molecular weight excluding hydrogens is 281 g/mol. The number of hydrogen-bond donors (Lipinski definition) is 2. The lowest BCUT2D eigenvalue weighted by atomic mass is 10.0. The van der Waals surface area contributed by atoms with E-state index in [9.17, 15) is 22.8 Å². The van der Waals surface area contributed by atoms with Gasteiger partial charge in [0.2, 0.25) is 0 Å². The van der Waals surface area contributed by atoms with Gasteiger partial charge in [-0.1, -0.05) is 6.92 Å². The Balaban J connectivity index is 2.72. The van der Waals surface area contributed by atoms with Crippen molar-refractivity contribution in [3.8, 4) is 0 Å². The highest BCUT2D eigenvalue weighted by Gasteiger charge is 2.40. The molecule has 0 spiro atoms. The molecule has 1 fully saturated rings. The van der Waals surface area contributed by atoms with Crippen molar-refractivity contribution >= 4 is 12.0 Å². The van der Waals surface area contributed by atoms with Crippen LogP contribution in [0.4, 0.5) is 18.0 Å². The Morgan fingerprint density at radius 2 is 2.05 bits per heavy atom. The van der Waals surface area contributed by atoms with Crippen molar-refractivity contribution in [3.05, 3.63) is 0 Å². The second kappa shape index (κ2) is 6.78. The molecule has 1 aliphatic heterocycles. The van der Waals surface area contributed by atoms with Crippen LogP contribution in [0, 0.1) is 5.92 Å². The van der Waals surface area contributed by atoms with E-state index in [-0.39, 0.29) is 19.8 Å². The first-order valence-corrected chi connectivity index (χ1v) is 6.18. The van der Waals surface area contributed by atoms with Crippen molar-refractivity contribution in [1.82, 2.24) is 10.2 Å². The molecule has 116 valence electrons. The Hall–Kier alpha value is -1.51. The Morgan fingerprint density at radius 3 is 2.55 bits per heavy atom. The van der Waals surface area contributed by atoms with Crippen LogP contribution in [0.25, 0.3) is 0 Å². The summed E-state index contributed by atoms with van der Waals surface area (Å²) in [7, 11) is 0. The monoisotopic (exact) mass is 298 g/mol. The number of alkyl halides is 3. The lowest BCUT2D eigenvalue weighted by Gasteiger charge is -2.30. The summed E-state index contributed by atoms with van der Waals surface area (Å²) in [6.45, 7) is 0.428. The van der Waals surface area contributed by atoms with Crippen LogP contribution in [0.3, 0.4) is 0 Å². The molecule has 2 amide bonds. The van der Waals surface area contributed by atoms with Gasteiger partial charge in [-0.25, -0.2) is 4.79 Å². The minimum absolute atomic E-state index is 0.0103. The molecule has 1 saturated heterocycles. The van der Waals surface area contributed by atoms with E-state index in [1.807, 2.05) is 0 Å². The van der Waals surface area contributed by atoms with E-state index in [0.717, 1.165) is 4.90 Å². The zero-order valence-corrected chi connectivity index (χ0v) is 10.9. The minimum atomic E-state index is -4.51. The number of nitrogens with one attached hydrogen (secondary N) is 1. The fourth-order valence-corrected chi connectivity index (χ4v) is 2.02. The van der Waals surface area contributed by atoms with Crippen molar-refractivity contribution in [2.75, 3.05) is 26.3 Å². The van der Waals surface area contributed by atoms with Crippen molar-refractivity contribution in [1.29, 1.82) is 0 Å². The van der Waals surface area contributed by atoms with Crippen molar-refractivity contribution in [2.24, 2.45) is 5.92 Å². The maximum atomic E-state index is 12.1. The molecule has 1 heterocycles. The average molecular weight is 298 g/mol. The molecule has 0 saturated carbocycles. The van der Waals surface area contributed by atoms with Gasteiger partial charge in [-0.05, 0) is 6.42 Å². The van der Waals surface area contributed by atoms with Crippen LogP contribution in [0.1, 0.15) is 13.3 Å². The normalized spacial score (nSPS) is 22.6. The number of aliphatic carboxylic acids is 1. The number of ether oxygens (including phenoxy) is 1. The smallest absolute Gasteiger partial charge is 0.405 e. The van der Waals surface area contributed by atoms with Gasteiger partial charge in [0, 0.05) is 6.54 Å². The number of rotatable bonds is 5. The number of nitrogens with zero attached hydrogens (tertiary/aromatic N) is 1. The highest BCUT2D eigenvalue weighted by molar-refractivity contribution is 5.77. The van der Waals surface area contributed by atoms with E-state index < -0.39 is 36.7 Å². The quantitative estimate of drug-likeness (QED) is 0.796. The third kappa shape index (κ3) is 4.55. The molecule has 0 aromatic heterocycles. The first-order chi connectivity index (χ1) is 9.26. The van der Waals surface area contributed by atoms with Gasteiger partial charge in [0.15, 0.2) is 0 Å². The molecule has 20 heavy (non-hydrogen) atoms. The largest absolute Gasteiger partial charge is 0.481 e. The molecule has 9 heteroatoms. The fraction of sp³-hybridized carbons (Fsp3) is 0.818. The summed E-state index contributed by atoms with van der Waals surface area (Å²) in [6, 6.07) is -1.67. The number of urea groups is 1. The van der Waals surface area contributed by atoms with Crippen LogP contribution in [0.5, 0.6) is 0 Å². The number of carbonyl (C=O) groups excluding carboxylic acids is 1. The zero-order chi connectivity index (χ0) is 15.3. The van der Waals surface area contributed by atoms with Gasteiger partial charge >= 0.3 is 18.2 Å². The van der Waals surface area contributed by atoms with Crippen molar-refractivity contribution in [2.45, 2.75) is 25.6 Å².